The molecule has 0 radical (unpaired) electrons. The van der Waals surface area contributed by atoms with Crippen LogP contribution in [0.1, 0.15) is 205 Å². The molecule has 6 nitrogen and oxygen atoms in total. The smallest absolute Gasteiger partial charge is 0.346 e. The van der Waals surface area contributed by atoms with Gasteiger partial charge in [0.05, 0.1) is 24.6 Å². The second kappa shape index (κ2) is 32.6. The number of nitrogens with zero attached hydrogens (tertiary/aromatic N) is 2. The van der Waals surface area contributed by atoms with Gasteiger partial charge in [0.25, 0.3) is 0 Å². The van der Waals surface area contributed by atoms with Crippen LogP contribution in [-0.4, -0.2) is 35.1 Å². The number of carbonyl (C=O) groups excluding carboxylic acids is 2. The lowest BCUT2D eigenvalue weighted by Crippen LogP contribution is -2.22. The van der Waals surface area contributed by atoms with Gasteiger partial charge in [-0.1, -0.05) is 193 Å². The van der Waals surface area contributed by atoms with E-state index in [2.05, 4.69) is 23.8 Å². The van der Waals surface area contributed by atoms with E-state index in [4.69, 9.17) is 9.47 Å². The van der Waals surface area contributed by atoms with Crippen molar-refractivity contribution >= 4 is 17.5 Å². The van der Waals surface area contributed by atoms with E-state index in [1.165, 1.54) is 141 Å². The molecule has 0 aliphatic heterocycles. The van der Waals surface area contributed by atoms with E-state index in [9.17, 15) is 9.59 Å². The Morgan fingerprint density at radius 2 is 0.712 bits per heavy atom. The average molecular weight is 719 g/mol. The van der Waals surface area contributed by atoms with Gasteiger partial charge >= 0.3 is 11.9 Å². The summed E-state index contributed by atoms with van der Waals surface area (Å²) in [5.74, 6) is -1.35. The SMILES string of the molecule is CCCCCCCCCCCCCCCCOC(=O)C(C(=O)OCCCCCCCCCCCCCCCC)=C(c1ccccn1)c1ccccn1. The fourth-order valence-electron chi connectivity index (χ4n) is 6.76. The molecule has 0 aromatic carbocycles. The largest absolute Gasteiger partial charge is 0.462 e. The molecular formula is C46H74N2O4. The molecule has 0 unspecified atom stereocenters. The number of aromatic nitrogens is 2. The van der Waals surface area contributed by atoms with Gasteiger partial charge < -0.3 is 9.47 Å². The lowest BCUT2D eigenvalue weighted by Gasteiger charge is -2.14. The summed E-state index contributed by atoms with van der Waals surface area (Å²) in [7, 11) is 0. The Kier molecular flexibility index (Phi) is 28.3. The molecule has 2 heterocycles. The Labute approximate surface area is 318 Å². The monoisotopic (exact) mass is 719 g/mol. The van der Waals surface area contributed by atoms with Crippen molar-refractivity contribution in [3.05, 3.63) is 65.8 Å². The van der Waals surface area contributed by atoms with Gasteiger partial charge in [-0.25, -0.2) is 9.59 Å². The zero-order chi connectivity index (χ0) is 37.2. The van der Waals surface area contributed by atoms with Crippen LogP contribution in [0.2, 0.25) is 0 Å². The van der Waals surface area contributed by atoms with Gasteiger partial charge in [-0.05, 0) is 37.1 Å². The van der Waals surface area contributed by atoms with Crippen LogP contribution < -0.4 is 0 Å². The zero-order valence-electron chi connectivity index (χ0n) is 33.4. The van der Waals surface area contributed by atoms with Crippen LogP contribution >= 0.6 is 0 Å². The topological polar surface area (TPSA) is 78.4 Å². The average Bonchev–Trinajstić information content (AvgIpc) is 3.17. The van der Waals surface area contributed by atoms with Gasteiger partial charge in [0.15, 0.2) is 5.57 Å². The quantitative estimate of drug-likeness (QED) is 0.0236. The van der Waals surface area contributed by atoms with Crippen LogP contribution in [-0.2, 0) is 19.1 Å². The molecule has 0 aliphatic rings. The first kappa shape index (κ1) is 45.1. The van der Waals surface area contributed by atoms with Gasteiger partial charge in [0, 0.05) is 18.0 Å². The fraction of sp³-hybridized carbons (Fsp3) is 0.696. The van der Waals surface area contributed by atoms with Crippen LogP contribution in [0.25, 0.3) is 5.57 Å². The van der Waals surface area contributed by atoms with Crippen LogP contribution in [0.4, 0.5) is 0 Å². The van der Waals surface area contributed by atoms with E-state index in [1.54, 1.807) is 36.7 Å². The summed E-state index contributed by atoms with van der Waals surface area (Å²) >= 11 is 0. The summed E-state index contributed by atoms with van der Waals surface area (Å²) in [6, 6.07) is 10.9. The molecule has 2 rings (SSSR count). The number of pyridine rings is 2. The molecule has 0 fully saturated rings. The standard InChI is InChI=1S/C46H74N2O4/c1-3-5-7-9-11-13-15-17-19-21-23-25-27-33-39-51-45(49)44(43(41-35-29-31-37-47-41)42-36-30-32-38-48-42)46(50)52-40-34-28-26-24-22-20-18-16-14-12-10-8-6-4-2/h29-32,35-38H,3-28,33-34,39-40H2,1-2H3. The Morgan fingerprint density at radius 1 is 0.423 bits per heavy atom. The minimum Gasteiger partial charge on any atom is -0.462 e. The third-order valence-electron chi connectivity index (χ3n) is 9.96. The van der Waals surface area contributed by atoms with Crippen molar-refractivity contribution in [2.24, 2.45) is 0 Å². The maximum Gasteiger partial charge on any atom is 0.346 e. The molecule has 0 spiro atoms. The first-order chi connectivity index (χ1) is 25.7. The molecule has 52 heavy (non-hydrogen) atoms. The molecule has 0 saturated carbocycles. The van der Waals surface area contributed by atoms with Crippen LogP contribution in [0.15, 0.2) is 54.4 Å². The van der Waals surface area contributed by atoms with Gasteiger partial charge in [0.1, 0.15) is 0 Å². The van der Waals surface area contributed by atoms with Crippen molar-refractivity contribution in [2.45, 2.75) is 194 Å². The number of unbranched alkanes of at least 4 members (excludes halogenated alkanes) is 26. The molecule has 0 bridgehead atoms. The van der Waals surface area contributed by atoms with E-state index in [-0.39, 0.29) is 18.8 Å². The first-order valence-electron chi connectivity index (χ1n) is 21.6. The lowest BCUT2D eigenvalue weighted by molar-refractivity contribution is -0.147. The second-order valence-electron chi connectivity index (χ2n) is 14.6. The predicted octanol–water partition coefficient (Wildman–Crippen LogP) is 13.3. The van der Waals surface area contributed by atoms with Crippen molar-refractivity contribution < 1.29 is 19.1 Å². The third kappa shape index (κ3) is 22.1. The van der Waals surface area contributed by atoms with E-state index >= 15 is 0 Å². The number of esters is 2. The molecule has 0 saturated heterocycles. The summed E-state index contributed by atoms with van der Waals surface area (Å²) < 4.78 is 11.5. The summed E-state index contributed by atoms with van der Waals surface area (Å²) in [5, 5.41) is 0. The molecule has 2 aromatic rings. The van der Waals surface area contributed by atoms with Crippen molar-refractivity contribution in [3.63, 3.8) is 0 Å². The Hall–Kier alpha value is -3.02. The molecule has 2 aromatic heterocycles. The van der Waals surface area contributed by atoms with Gasteiger partial charge in [-0.3, -0.25) is 9.97 Å². The van der Waals surface area contributed by atoms with E-state index in [0.717, 1.165) is 38.5 Å². The number of hydrogen-bond donors (Lipinski definition) is 0. The highest BCUT2D eigenvalue weighted by molar-refractivity contribution is 6.21. The molecule has 0 atom stereocenters. The normalized spacial score (nSPS) is 11.0. The van der Waals surface area contributed by atoms with Gasteiger partial charge in [-0.15, -0.1) is 0 Å². The lowest BCUT2D eigenvalue weighted by atomic mass is 10.00. The van der Waals surface area contributed by atoms with E-state index in [1.807, 2.05) is 12.1 Å². The third-order valence-corrected chi connectivity index (χ3v) is 9.96. The van der Waals surface area contributed by atoms with Crippen molar-refractivity contribution in [1.29, 1.82) is 0 Å². The second-order valence-corrected chi connectivity index (χ2v) is 14.6. The highest BCUT2D eigenvalue weighted by atomic mass is 16.6. The van der Waals surface area contributed by atoms with Gasteiger partial charge in [0.2, 0.25) is 0 Å². The van der Waals surface area contributed by atoms with Crippen LogP contribution in [0.5, 0.6) is 0 Å². The van der Waals surface area contributed by atoms with E-state index in [0.29, 0.717) is 17.0 Å². The van der Waals surface area contributed by atoms with Crippen molar-refractivity contribution in [1.82, 2.24) is 9.97 Å². The fourth-order valence-corrected chi connectivity index (χ4v) is 6.76. The number of rotatable bonds is 34. The molecule has 292 valence electrons. The number of carbonyl (C=O) groups is 2. The Balaban J connectivity index is 1.78. The zero-order valence-corrected chi connectivity index (χ0v) is 33.4. The summed E-state index contributed by atoms with van der Waals surface area (Å²) in [5.41, 5.74) is 1.18. The summed E-state index contributed by atoms with van der Waals surface area (Å²) in [4.78, 5) is 36.2. The van der Waals surface area contributed by atoms with Crippen molar-refractivity contribution in [2.75, 3.05) is 13.2 Å². The molecular weight excluding hydrogens is 645 g/mol. The molecule has 6 heteroatoms. The number of ether oxygens (including phenoxy) is 2. The minimum atomic E-state index is -0.674. The molecule has 0 N–H and O–H groups in total. The van der Waals surface area contributed by atoms with E-state index < -0.39 is 11.9 Å². The highest BCUT2D eigenvalue weighted by Crippen LogP contribution is 2.26. The Bertz CT molecular complexity index is 1080. The summed E-state index contributed by atoms with van der Waals surface area (Å²) in [6.07, 6.45) is 38.6. The molecule has 0 amide bonds. The minimum absolute atomic E-state index is 0.131. The Morgan fingerprint density at radius 3 is 0.981 bits per heavy atom. The van der Waals surface area contributed by atoms with Crippen LogP contribution in [0, 0.1) is 0 Å². The van der Waals surface area contributed by atoms with Crippen molar-refractivity contribution in [3.8, 4) is 0 Å². The molecule has 0 aliphatic carbocycles. The van der Waals surface area contributed by atoms with Crippen LogP contribution in [0.3, 0.4) is 0 Å². The van der Waals surface area contributed by atoms with Gasteiger partial charge in [-0.2, -0.15) is 0 Å². The maximum absolute atomic E-state index is 13.6. The maximum atomic E-state index is 13.6. The first-order valence-corrected chi connectivity index (χ1v) is 21.6. The predicted molar refractivity (Wildman–Crippen MR) is 217 cm³/mol. The summed E-state index contributed by atoms with van der Waals surface area (Å²) in [6.45, 7) is 5.07. The highest BCUT2D eigenvalue weighted by Gasteiger charge is 2.29. The number of hydrogen-bond acceptors (Lipinski definition) is 6.